The first kappa shape index (κ1) is 29.6. The molecule has 6 aromatic rings. The van der Waals surface area contributed by atoms with Gasteiger partial charge >= 0.3 is 0 Å². The van der Waals surface area contributed by atoms with Crippen LogP contribution in [0.1, 0.15) is 85.4 Å². The molecule has 0 amide bonds. The van der Waals surface area contributed by atoms with Crippen LogP contribution in [-0.2, 0) is 19.3 Å². The highest BCUT2D eigenvalue weighted by atomic mass is 14.7. The molecule has 4 fully saturated rings. The van der Waals surface area contributed by atoms with Crippen LogP contribution >= 0.6 is 0 Å². The van der Waals surface area contributed by atoms with Crippen LogP contribution in [0, 0.1) is 29.1 Å². The monoisotopic (exact) mass is 697 g/mol. The maximum absolute atomic E-state index is 10.1. The Kier molecular flexibility index (Phi) is 7.89. The molecule has 0 saturated heterocycles. The Morgan fingerprint density at radius 2 is 1.00 bits per heavy atom. The summed E-state index contributed by atoms with van der Waals surface area (Å²) >= 11 is 0. The summed E-state index contributed by atoms with van der Waals surface area (Å²) in [6.45, 7) is 2.08. The van der Waals surface area contributed by atoms with E-state index in [1.807, 2.05) is 97.5 Å². The number of hydrogen-bond acceptors (Lipinski definition) is 3. The Morgan fingerprint density at radius 3 is 1.53 bits per heavy atom. The van der Waals surface area contributed by atoms with Gasteiger partial charge in [-0.3, -0.25) is 15.0 Å². The number of rotatable bonds is 12. The van der Waals surface area contributed by atoms with E-state index in [0.29, 0.717) is 6.42 Å². The van der Waals surface area contributed by atoms with Crippen LogP contribution in [0.2, 0.25) is 0 Å². The molecule has 3 heterocycles. The van der Waals surface area contributed by atoms with Gasteiger partial charge in [-0.1, -0.05) is 103 Å². The predicted molar refractivity (Wildman–Crippen MR) is 217 cm³/mol. The Bertz CT molecular complexity index is 2330. The van der Waals surface area contributed by atoms with E-state index in [0.717, 1.165) is 95.4 Å². The van der Waals surface area contributed by atoms with Gasteiger partial charge in [0.2, 0.25) is 0 Å². The molecule has 3 heteroatoms. The summed E-state index contributed by atoms with van der Waals surface area (Å²) in [4.78, 5) is 14.4. The van der Waals surface area contributed by atoms with E-state index in [-0.39, 0.29) is 24.2 Å². The minimum Gasteiger partial charge on any atom is -0.256 e. The number of nitrogens with zero attached hydrogens (tertiary/aromatic N) is 3. The maximum atomic E-state index is 10.1. The Labute approximate surface area is 321 Å². The van der Waals surface area contributed by atoms with Crippen LogP contribution < -0.4 is 0 Å². The fourth-order valence-electron chi connectivity index (χ4n) is 10.5. The molecule has 10 rings (SSSR count). The van der Waals surface area contributed by atoms with Crippen molar-refractivity contribution < 1.29 is 5.48 Å². The highest BCUT2D eigenvalue weighted by Crippen LogP contribution is 2.73. The average molecular weight is 698 g/mol. The van der Waals surface area contributed by atoms with E-state index in [4.69, 9.17) is 15.0 Å². The molecule has 0 radical (unpaired) electrons. The molecule has 4 atom stereocenters. The zero-order valence-electron chi connectivity index (χ0n) is 34.8. The smallest absolute Gasteiger partial charge is 0.0704 e. The van der Waals surface area contributed by atoms with E-state index in [9.17, 15) is 5.48 Å². The van der Waals surface area contributed by atoms with Gasteiger partial charge in [0.15, 0.2) is 0 Å². The first-order chi connectivity index (χ1) is 27.5. The summed E-state index contributed by atoms with van der Waals surface area (Å²) in [5.74, 6) is 0.281. The highest BCUT2D eigenvalue weighted by Gasteiger charge is 2.62. The van der Waals surface area contributed by atoms with Crippen LogP contribution in [0.5, 0.6) is 0 Å². The first-order valence-electron chi connectivity index (χ1n) is 21.5. The molecule has 4 bridgehead atoms. The van der Waals surface area contributed by atoms with Crippen molar-refractivity contribution in [1.82, 2.24) is 15.0 Å². The van der Waals surface area contributed by atoms with E-state index in [2.05, 4.69) is 49.4 Å². The van der Waals surface area contributed by atoms with Crippen molar-refractivity contribution in [3.63, 3.8) is 0 Å². The normalized spacial score (nSPS) is 26.0. The lowest BCUT2D eigenvalue weighted by Crippen LogP contribution is -2.57. The molecule has 4 saturated carbocycles. The minimum atomic E-state index is -1.54. The fourth-order valence-corrected chi connectivity index (χ4v) is 10.5. The predicted octanol–water partition coefficient (Wildman–Crippen LogP) is 12.3. The maximum Gasteiger partial charge on any atom is 0.0704 e. The molecular formula is C50H51N3. The minimum absolute atomic E-state index is 0.155. The molecule has 53 heavy (non-hydrogen) atoms. The third-order valence-corrected chi connectivity index (χ3v) is 12.5. The summed E-state index contributed by atoms with van der Waals surface area (Å²) in [5.41, 5.74) is 8.57. The van der Waals surface area contributed by atoms with Gasteiger partial charge in [0.25, 0.3) is 0 Å². The van der Waals surface area contributed by atoms with Crippen LogP contribution in [0.3, 0.4) is 0 Å². The van der Waals surface area contributed by atoms with Crippen LogP contribution in [0.4, 0.5) is 0 Å². The Hall–Kier alpha value is -4.89. The molecule has 4 unspecified atom stereocenters. The largest absolute Gasteiger partial charge is 0.256 e. The lowest BCUT2D eigenvalue weighted by Gasteiger charge is -2.67. The Balaban J connectivity index is 1.03. The number of benzene rings is 3. The zero-order chi connectivity index (χ0) is 39.3. The molecule has 0 spiro atoms. The average Bonchev–Trinajstić information content (AvgIpc) is 3.21. The van der Waals surface area contributed by atoms with Gasteiger partial charge in [-0.15, -0.1) is 0 Å². The van der Waals surface area contributed by atoms with Gasteiger partial charge < -0.3 is 0 Å². The van der Waals surface area contributed by atoms with E-state index < -0.39 is 23.6 Å². The molecule has 0 N–H and O–H groups in total. The number of aryl methyl sites for hydroxylation is 4. The van der Waals surface area contributed by atoms with Crippen molar-refractivity contribution in [3.8, 4) is 33.8 Å². The molecule has 266 valence electrons. The van der Waals surface area contributed by atoms with Gasteiger partial charge in [-0.05, 0) is 146 Å². The van der Waals surface area contributed by atoms with E-state index >= 15 is 0 Å². The zero-order valence-corrected chi connectivity index (χ0v) is 30.8. The van der Waals surface area contributed by atoms with Gasteiger partial charge in [-0.25, -0.2) is 0 Å². The summed E-state index contributed by atoms with van der Waals surface area (Å²) in [6, 6.07) is 41.0. The molecular weight excluding hydrogens is 643 g/mol. The van der Waals surface area contributed by atoms with Crippen molar-refractivity contribution in [2.45, 2.75) is 83.9 Å². The standard InChI is InChI=1S/C50H51N3/c1-37-27-47(43-15-9-4-10-16-43)53-33-44(37)23-26-50-30-40-28-48(35-50,24-21-38-17-19-45(51-31-38)41-11-5-2-6-12-41)34-49(29-40,36-50)25-22-39-18-20-46(52-32-39)42-13-7-3-8-14-42/h2-20,27,31-33,40H,21-26,28-30,34-36H2,1H3/i24D2,26D2. The number of aromatic nitrogens is 3. The third-order valence-electron chi connectivity index (χ3n) is 12.5. The second-order valence-corrected chi connectivity index (χ2v) is 16.5. The quantitative estimate of drug-likeness (QED) is 0.128. The second kappa shape index (κ2) is 14.2. The molecule has 3 aromatic heterocycles. The summed E-state index contributed by atoms with van der Waals surface area (Å²) in [7, 11) is 0. The first-order valence-corrected chi connectivity index (χ1v) is 19.5. The summed E-state index contributed by atoms with van der Waals surface area (Å²) in [6.07, 6.45) is 9.78. The fraction of sp³-hybridized carbons (Fsp3) is 0.340. The molecule has 4 aliphatic carbocycles. The summed E-state index contributed by atoms with van der Waals surface area (Å²) in [5, 5.41) is 0. The van der Waals surface area contributed by atoms with Crippen LogP contribution in [-0.4, -0.2) is 15.0 Å². The van der Waals surface area contributed by atoms with Gasteiger partial charge in [-0.2, -0.15) is 0 Å². The third kappa shape index (κ3) is 7.23. The Morgan fingerprint density at radius 1 is 0.528 bits per heavy atom. The number of hydrogen-bond donors (Lipinski definition) is 0. The lowest BCUT2D eigenvalue weighted by molar-refractivity contribution is -0.166. The van der Waals surface area contributed by atoms with Gasteiger partial charge in [0.1, 0.15) is 0 Å². The highest BCUT2D eigenvalue weighted by molar-refractivity contribution is 5.61. The van der Waals surface area contributed by atoms with Crippen molar-refractivity contribution in [2.75, 3.05) is 0 Å². The van der Waals surface area contributed by atoms with Crippen molar-refractivity contribution in [2.24, 2.45) is 22.2 Å². The van der Waals surface area contributed by atoms with Crippen molar-refractivity contribution in [3.05, 3.63) is 162 Å². The summed E-state index contributed by atoms with van der Waals surface area (Å²) < 4.78 is 40.1. The van der Waals surface area contributed by atoms with Crippen molar-refractivity contribution >= 4 is 0 Å². The molecule has 4 aliphatic rings. The van der Waals surface area contributed by atoms with Crippen LogP contribution in [0.15, 0.2) is 140 Å². The second-order valence-electron chi connectivity index (χ2n) is 16.5. The van der Waals surface area contributed by atoms with Crippen molar-refractivity contribution in [1.29, 1.82) is 0 Å². The SMILES string of the molecule is [2H]C([2H])(Cc1ccc(-c2ccccc2)nc1)C12CC3CC(CCc4ccc(-c5ccccc5)nc4)(C1)CC(C([2H])([2H])Cc1cnc(-c4ccccc4)cc1C)(C3)C2. The molecule has 0 aliphatic heterocycles. The lowest BCUT2D eigenvalue weighted by atomic mass is 9.37. The van der Waals surface area contributed by atoms with Gasteiger partial charge in [0, 0.05) is 40.8 Å². The van der Waals surface area contributed by atoms with Crippen LogP contribution in [0.25, 0.3) is 33.8 Å². The topological polar surface area (TPSA) is 38.7 Å². The van der Waals surface area contributed by atoms with E-state index in [1.54, 1.807) is 0 Å². The van der Waals surface area contributed by atoms with E-state index in [1.165, 1.54) is 5.56 Å². The van der Waals surface area contributed by atoms with Gasteiger partial charge in [0.05, 0.1) is 17.1 Å². The molecule has 3 nitrogen and oxygen atoms in total. The number of pyridine rings is 3. The molecule has 3 aromatic carbocycles.